The number of rotatable bonds is 4. The summed E-state index contributed by atoms with van der Waals surface area (Å²) in [6, 6.07) is 14.3. The second-order valence-corrected chi connectivity index (χ2v) is 7.68. The highest BCUT2D eigenvalue weighted by atomic mass is 16.2. The molecular formula is C24H22N4O4. The summed E-state index contributed by atoms with van der Waals surface area (Å²) in [6.07, 6.45) is 0.446. The molecule has 0 unspecified atom stereocenters. The monoisotopic (exact) mass is 430 g/mol. The van der Waals surface area contributed by atoms with Crippen LogP contribution >= 0.6 is 0 Å². The van der Waals surface area contributed by atoms with E-state index in [2.05, 4.69) is 5.32 Å². The molecule has 1 N–H and O–H groups in total. The summed E-state index contributed by atoms with van der Waals surface area (Å²) < 4.78 is 3.44. The third kappa shape index (κ3) is 3.08. The Morgan fingerprint density at radius 2 is 1.41 bits per heavy atom. The number of pyridine rings is 1. The Morgan fingerprint density at radius 1 is 0.781 bits per heavy atom. The SMILES string of the molecule is Cc1cccc(C)c1Nc1c(C=O)c(=O)n(-c2ccccc2)c2c1c(=O)n(C)c(=O)n2C. The van der Waals surface area contributed by atoms with Crippen molar-refractivity contribution in [2.45, 2.75) is 13.8 Å². The van der Waals surface area contributed by atoms with E-state index in [9.17, 15) is 19.2 Å². The number of hydrogen-bond acceptors (Lipinski definition) is 5. The second-order valence-electron chi connectivity index (χ2n) is 7.68. The number of fused-ring (bicyclic) bond motifs is 1. The number of hydrogen-bond donors (Lipinski definition) is 1. The van der Waals surface area contributed by atoms with Gasteiger partial charge in [0, 0.05) is 19.8 Å². The maximum absolute atomic E-state index is 13.5. The van der Waals surface area contributed by atoms with Crippen molar-refractivity contribution < 1.29 is 4.79 Å². The first-order chi connectivity index (χ1) is 15.3. The number of aldehydes is 1. The maximum atomic E-state index is 13.5. The lowest BCUT2D eigenvalue weighted by Gasteiger charge is -2.20. The van der Waals surface area contributed by atoms with Gasteiger partial charge in [-0.2, -0.15) is 0 Å². The summed E-state index contributed by atoms with van der Waals surface area (Å²) in [7, 11) is 2.86. The molecule has 8 nitrogen and oxygen atoms in total. The predicted molar refractivity (Wildman–Crippen MR) is 125 cm³/mol. The highest BCUT2D eigenvalue weighted by molar-refractivity contribution is 6.01. The molecule has 2 aromatic heterocycles. The first-order valence-corrected chi connectivity index (χ1v) is 10.0. The highest BCUT2D eigenvalue weighted by Crippen LogP contribution is 2.29. The van der Waals surface area contributed by atoms with Gasteiger partial charge in [-0.1, -0.05) is 36.4 Å². The van der Waals surface area contributed by atoms with Gasteiger partial charge in [-0.25, -0.2) is 4.79 Å². The molecule has 0 spiro atoms. The molecule has 0 bridgehead atoms. The lowest BCUT2D eigenvalue weighted by molar-refractivity contribution is 0.112. The fourth-order valence-electron chi connectivity index (χ4n) is 3.96. The highest BCUT2D eigenvalue weighted by Gasteiger charge is 2.24. The van der Waals surface area contributed by atoms with Crippen LogP contribution in [0.15, 0.2) is 62.9 Å². The van der Waals surface area contributed by atoms with E-state index in [1.165, 1.54) is 23.2 Å². The molecule has 0 atom stereocenters. The molecule has 0 saturated carbocycles. The van der Waals surface area contributed by atoms with Crippen molar-refractivity contribution in [3.05, 3.63) is 96.4 Å². The molecule has 0 aliphatic rings. The van der Waals surface area contributed by atoms with Crippen LogP contribution in [0.5, 0.6) is 0 Å². The number of aryl methyl sites for hydroxylation is 3. The minimum Gasteiger partial charge on any atom is -0.354 e. The van der Waals surface area contributed by atoms with Crippen molar-refractivity contribution >= 4 is 28.7 Å². The fourth-order valence-corrected chi connectivity index (χ4v) is 3.96. The van der Waals surface area contributed by atoms with Gasteiger partial charge in [0.15, 0.2) is 6.29 Å². The van der Waals surface area contributed by atoms with Crippen LogP contribution in [0.2, 0.25) is 0 Å². The topological polar surface area (TPSA) is 95.1 Å². The number of para-hydroxylation sites is 2. The molecule has 2 heterocycles. The molecule has 8 heteroatoms. The number of anilines is 2. The van der Waals surface area contributed by atoms with Gasteiger partial charge >= 0.3 is 5.69 Å². The summed E-state index contributed by atoms with van der Waals surface area (Å²) in [6.45, 7) is 3.77. The van der Waals surface area contributed by atoms with Gasteiger partial charge in [0.1, 0.15) is 16.6 Å². The zero-order valence-electron chi connectivity index (χ0n) is 18.2. The van der Waals surface area contributed by atoms with Crippen molar-refractivity contribution in [3.63, 3.8) is 0 Å². The standard InChI is InChI=1S/C24H22N4O4/c1-14-9-8-10-15(2)19(14)25-20-17(13-29)22(30)28(16-11-6-5-7-12-16)21-18(20)23(31)27(4)24(32)26(21)3/h5-13,25H,1-4H3. The Bertz CT molecular complexity index is 1540. The third-order valence-corrected chi connectivity index (χ3v) is 5.66. The van der Waals surface area contributed by atoms with Gasteiger partial charge < -0.3 is 5.32 Å². The number of benzene rings is 2. The van der Waals surface area contributed by atoms with E-state index in [0.717, 1.165) is 15.7 Å². The number of carbonyl (C=O) groups excluding carboxylic acids is 1. The van der Waals surface area contributed by atoms with Gasteiger partial charge in [0.05, 0.1) is 11.4 Å². The summed E-state index contributed by atoms with van der Waals surface area (Å²) >= 11 is 0. The lowest BCUT2D eigenvalue weighted by atomic mass is 10.1. The summed E-state index contributed by atoms with van der Waals surface area (Å²) in [5.74, 6) is 0. The van der Waals surface area contributed by atoms with Crippen LogP contribution in [0.4, 0.5) is 11.4 Å². The van der Waals surface area contributed by atoms with Crippen molar-refractivity contribution in [1.29, 1.82) is 0 Å². The van der Waals surface area contributed by atoms with Crippen LogP contribution in [0.1, 0.15) is 21.5 Å². The van der Waals surface area contributed by atoms with Gasteiger partial charge in [0.2, 0.25) is 0 Å². The molecular weight excluding hydrogens is 408 g/mol. The van der Waals surface area contributed by atoms with Crippen LogP contribution in [0.3, 0.4) is 0 Å². The zero-order chi connectivity index (χ0) is 23.2. The van der Waals surface area contributed by atoms with Crippen LogP contribution in [-0.4, -0.2) is 20.0 Å². The quantitative estimate of drug-likeness (QED) is 0.502. The molecule has 4 rings (SSSR count). The van der Waals surface area contributed by atoms with E-state index in [1.807, 2.05) is 32.0 Å². The maximum Gasteiger partial charge on any atom is 0.332 e. The van der Waals surface area contributed by atoms with E-state index in [-0.39, 0.29) is 22.3 Å². The van der Waals surface area contributed by atoms with Crippen molar-refractivity contribution in [3.8, 4) is 5.69 Å². The molecule has 32 heavy (non-hydrogen) atoms. The predicted octanol–water partition coefficient (Wildman–Crippen LogP) is 2.56. The Kier molecular flexibility index (Phi) is 5.14. The van der Waals surface area contributed by atoms with Crippen molar-refractivity contribution in [1.82, 2.24) is 13.7 Å². The molecule has 0 saturated heterocycles. The van der Waals surface area contributed by atoms with E-state index in [4.69, 9.17) is 0 Å². The molecule has 0 amide bonds. The molecule has 0 aliphatic heterocycles. The minimum absolute atomic E-state index is 0.0720. The normalized spacial score (nSPS) is 11.0. The fraction of sp³-hybridized carbons (Fsp3) is 0.167. The van der Waals surface area contributed by atoms with E-state index >= 15 is 0 Å². The minimum atomic E-state index is -0.629. The van der Waals surface area contributed by atoms with Crippen molar-refractivity contribution in [2.24, 2.45) is 14.1 Å². The molecule has 0 radical (unpaired) electrons. The van der Waals surface area contributed by atoms with Gasteiger partial charge in [-0.15, -0.1) is 0 Å². The Hall–Kier alpha value is -4.20. The molecule has 162 valence electrons. The van der Waals surface area contributed by atoms with Gasteiger partial charge in [-0.3, -0.25) is 28.1 Å². The second kappa shape index (κ2) is 7.81. The molecule has 4 aromatic rings. The summed E-state index contributed by atoms with van der Waals surface area (Å²) in [5, 5.41) is 3.24. The average Bonchev–Trinajstić information content (AvgIpc) is 2.79. The Balaban J connectivity index is 2.27. The first kappa shape index (κ1) is 21.0. The number of nitrogens with zero attached hydrogens (tertiary/aromatic N) is 3. The van der Waals surface area contributed by atoms with Gasteiger partial charge in [0.25, 0.3) is 11.1 Å². The van der Waals surface area contributed by atoms with Crippen LogP contribution in [0, 0.1) is 13.8 Å². The average molecular weight is 430 g/mol. The zero-order valence-corrected chi connectivity index (χ0v) is 18.2. The lowest BCUT2D eigenvalue weighted by Crippen LogP contribution is -2.40. The first-order valence-electron chi connectivity index (χ1n) is 10.0. The third-order valence-electron chi connectivity index (χ3n) is 5.66. The number of aromatic nitrogens is 3. The van der Waals surface area contributed by atoms with E-state index < -0.39 is 16.8 Å². The number of nitrogens with one attached hydrogen (secondary N) is 1. The molecule has 0 aliphatic carbocycles. The van der Waals surface area contributed by atoms with E-state index in [0.29, 0.717) is 17.7 Å². The van der Waals surface area contributed by atoms with E-state index in [1.54, 1.807) is 30.3 Å². The summed E-state index contributed by atoms with van der Waals surface area (Å²) in [5.41, 5.74) is 1.06. The Labute approximate surface area is 183 Å². The number of carbonyl (C=O) groups is 1. The van der Waals surface area contributed by atoms with Crippen LogP contribution in [0.25, 0.3) is 16.7 Å². The van der Waals surface area contributed by atoms with Gasteiger partial charge in [-0.05, 0) is 37.1 Å². The Morgan fingerprint density at radius 3 is 2.00 bits per heavy atom. The summed E-state index contributed by atoms with van der Waals surface area (Å²) in [4.78, 5) is 51.7. The molecule has 0 fully saturated rings. The van der Waals surface area contributed by atoms with Crippen LogP contribution in [-0.2, 0) is 14.1 Å². The smallest absolute Gasteiger partial charge is 0.332 e. The van der Waals surface area contributed by atoms with Crippen LogP contribution < -0.4 is 22.1 Å². The van der Waals surface area contributed by atoms with Crippen molar-refractivity contribution in [2.75, 3.05) is 5.32 Å². The largest absolute Gasteiger partial charge is 0.354 e. The molecule has 2 aromatic carbocycles.